The van der Waals surface area contributed by atoms with Crippen molar-refractivity contribution in [2.45, 2.75) is 6.92 Å². The van der Waals surface area contributed by atoms with Crippen molar-refractivity contribution < 1.29 is 24.1 Å². The average Bonchev–Trinajstić information content (AvgIpc) is 3.01. The third-order valence-corrected chi connectivity index (χ3v) is 2.92. The normalized spacial score (nSPS) is 10.7. The van der Waals surface area contributed by atoms with Crippen LogP contribution in [-0.2, 0) is 9.47 Å². The number of aromatic hydroxyl groups is 1. The number of carbonyl (C=O) groups is 1. The van der Waals surface area contributed by atoms with Crippen molar-refractivity contribution in [3.63, 3.8) is 0 Å². The van der Waals surface area contributed by atoms with E-state index in [1.807, 2.05) is 0 Å². The fraction of sp³-hybridized carbons (Fsp3) is 0.400. The molecule has 2 aromatic heterocycles. The molecule has 0 radical (unpaired) electrons. The predicted molar refractivity (Wildman–Crippen MR) is 81.2 cm³/mol. The summed E-state index contributed by atoms with van der Waals surface area (Å²) in [7, 11) is 1.61. The summed E-state index contributed by atoms with van der Waals surface area (Å²) in [5, 5.41) is 14.1. The van der Waals surface area contributed by atoms with Gasteiger partial charge >= 0.3 is 0 Å². The fourth-order valence-electron chi connectivity index (χ4n) is 1.78. The number of aromatic nitrogens is 3. The third kappa shape index (κ3) is 4.76. The fourth-order valence-corrected chi connectivity index (χ4v) is 1.78. The number of ether oxygens (including phenoxy) is 3. The van der Waals surface area contributed by atoms with Crippen LogP contribution in [0.4, 0.5) is 0 Å². The molecule has 23 heavy (non-hydrogen) atoms. The van der Waals surface area contributed by atoms with E-state index in [2.05, 4.69) is 10.1 Å². The molecule has 8 nitrogen and oxygen atoms in total. The van der Waals surface area contributed by atoms with Gasteiger partial charge in [0, 0.05) is 26.3 Å². The van der Waals surface area contributed by atoms with Crippen LogP contribution in [0.3, 0.4) is 0 Å². The number of pyridine rings is 1. The lowest BCUT2D eigenvalue weighted by Gasteiger charge is -2.09. The molecule has 1 N–H and O–H groups in total. The number of methoxy groups -OCH3 is 1. The van der Waals surface area contributed by atoms with E-state index >= 15 is 0 Å². The van der Waals surface area contributed by atoms with Crippen molar-refractivity contribution in [3.8, 4) is 17.3 Å². The van der Waals surface area contributed by atoms with Crippen LogP contribution in [-0.4, -0.2) is 59.2 Å². The number of hydrogen-bond acceptors (Lipinski definition) is 7. The molecule has 0 unspecified atom stereocenters. The van der Waals surface area contributed by atoms with Crippen LogP contribution < -0.4 is 4.74 Å². The van der Waals surface area contributed by atoms with Crippen LogP contribution >= 0.6 is 0 Å². The summed E-state index contributed by atoms with van der Waals surface area (Å²) in [6.45, 7) is 3.20. The zero-order valence-electron chi connectivity index (χ0n) is 13.1. The van der Waals surface area contributed by atoms with Crippen LogP contribution in [0.1, 0.15) is 17.4 Å². The molecule has 0 fully saturated rings. The Hall–Kier alpha value is -2.45. The molecule has 0 saturated heterocycles. The SMILES string of the molecule is COCCOCCOc1cnc(-n2ccc(C(C)=O)n2)c(O)c1. The van der Waals surface area contributed by atoms with E-state index < -0.39 is 0 Å². The number of ketones is 1. The van der Waals surface area contributed by atoms with Gasteiger partial charge in [-0.25, -0.2) is 9.67 Å². The minimum atomic E-state index is -0.156. The zero-order valence-corrected chi connectivity index (χ0v) is 13.1. The summed E-state index contributed by atoms with van der Waals surface area (Å²) in [4.78, 5) is 15.3. The lowest BCUT2D eigenvalue weighted by molar-refractivity contribution is 0.0543. The highest BCUT2D eigenvalue weighted by Gasteiger charge is 2.11. The quantitative estimate of drug-likeness (QED) is 0.548. The van der Waals surface area contributed by atoms with Crippen LogP contribution in [0.25, 0.3) is 5.82 Å². The molecule has 0 spiro atoms. The van der Waals surface area contributed by atoms with Crippen molar-refractivity contribution in [2.24, 2.45) is 0 Å². The molecular formula is C15H19N3O5. The van der Waals surface area contributed by atoms with E-state index in [9.17, 15) is 9.90 Å². The molecule has 0 atom stereocenters. The van der Waals surface area contributed by atoms with E-state index in [-0.39, 0.29) is 17.4 Å². The zero-order chi connectivity index (χ0) is 16.7. The summed E-state index contributed by atoms with van der Waals surface area (Å²) in [6, 6.07) is 3.00. The molecule has 0 bridgehead atoms. The van der Waals surface area contributed by atoms with Gasteiger partial charge in [0.1, 0.15) is 18.1 Å². The second kappa shape index (κ2) is 8.25. The maximum Gasteiger partial charge on any atom is 0.196 e. The molecule has 0 aliphatic carbocycles. The Kier molecular flexibility index (Phi) is 6.07. The lowest BCUT2D eigenvalue weighted by atomic mass is 10.3. The van der Waals surface area contributed by atoms with Gasteiger partial charge < -0.3 is 19.3 Å². The standard InChI is InChI=1S/C15H19N3O5/c1-11(19)13-3-4-18(17-13)15-14(20)9-12(10-16-15)23-8-7-22-6-5-21-2/h3-4,9-10,20H,5-8H2,1-2H3. The van der Waals surface area contributed by atoms with E-state index in [4.69, 9.17) is 14.2 Å². The number of nitrogens with zero attached hydrogens (tertiary/aromatic N) is 3. The number of Topliss-reactive ketones (excluding diaryl/α,β-unsaturated/α-hetero) is 1. The average molecular weight is 321 g/mol. The third-order valence-electron chi connectivity index (χ3n) is 2.92. The second-order valence-electron chi connectivity index (χ2n) is 4.67. The molecular weight excluding hydrogens is 302 g/mol. The maximum atomic E-state index is 11.2. The van der Waals surface area contributed by atoms with Gasteiger partial charge in [-0.1, -0.05) is 0 Å². The molecule has 0 saturated carbocycles. The highest BCUT2D eigenvalue weighted by molar-refractivity contribution is 5.91. The monoisotopic (exact) mass is 321 g/mol. The van der Waals surface area contributed by atoms with Gasteiger partial charge in [-0.15, -0.1) is 0 Å². The maximum absolute atomic E-state index is 11.2. The summed E-state index contributed by atoms with van der Waals surface area (Å²) in [5.74, 6) is 0.388. The molecule has 0 aliphatic heterocycles. The van der Waals surface area contributed by atoms with Gasteiger partial charge in [0.15, 0.2) is 17.4 Å². The minimum Gasteiger partial charge on any atom is -0.504 e. The van der Waals surface area contributed by atoms with E-state index in [1.165, 1.54) is 23.9 Å². The van der Waals surface area contributed by atoms with Gasteiger partial charge in [0.05, 0.1) is 26.0 Å². The summed E-state index contributed by atoms with van der Waals surface area (Å²) in [5.41, 5.74) is 0.305. The minimum absolute atomic E-state index is 0.0963. The van der Waals surface area contributed by atoms with Gasteiger partial charge in [-0.2, -0.15) is 5.10 Å². The Morgan fingerprint density at radius 2 is 2.09 bits per heavy atom. The van der Waals surface area contributed by atoms with Gasteiger partial charge in [0.2, 0.25) is 0 Å². The Morgan fingerprint density at radius 3 is 2.74 bits per heavy atom. The van der Waals surface area contributed by atoms with Gasteiger partial charge in [-0.3, -0.25) is 4.79 Å². The van der Waals surface area contributed by atoms with E-state index in [1.54, 1.807) is 19.4 Å². The van der Waals surface area contributed by atoms with Crippen molar-refractivity contribution in [1.29, 1.82) is 0 Å². The number of hydrogen-bond donors (Lipinski definition) is 1. The molecule has 8 heteroatoms. The number of carbonyl (C=O) groups excluding carboxylic acids is 1. The van der Waals surface area contributed by atoms with E-state index in [0.29, 0.717) is 37.9 Å². The molecule has 124 valence electrons. The first-order chi connectivity index (χ1) is 11.1. The Balaban J connectivity index is 1.93. The molecule has 2 heterocycles. The molecule has 0 aliphatic rings. The predicted octanol–water partition coefficient (Wildman–Crippen LogP) is 1.22. The summed E-state index contributed by atoms with van der Waals surface area (Å²) >= 11 is 0. The van der Waals surface area contributed by atoms with Gasteiger partial charge in [-0.05, 0) is 6.07 Å². The smallest absolute Gasteiger partial charge is 0.196 e. The summed E-state index contributed by atoms with van der Waals surface area (Å²) < 4.78 is 16.9. The van der Waals surface area contributed by atoms with Crippen molar-refractivity contribution in [3.05, 3.63) is 30.2 Å². The molecule has 0 aromatic carbocycles. The largest absolute Gasteiger partial charge is 0.504 e. The van der Waals surface area contributed by atoms with E-state index in [0.717, 1.165) is 0 Å². The van der Waals surface area contributed by atoms with Crippen molar-refractivity contribution in [1.82, 2.24) is 14.8 Å². The first kappa shape index (κ1) is 16.9. The Bertz CT molecular complexity index is 656. The second-order valence-corrected chi connectivity index (χ2v) is 4.67. The van der Waals surface area contributed by atoms with Gasteiger partial charge in [0.25, 0.3) is 0 Å². The van der Waals surface area contributed by atoms with Crippen molar-refractivity contribution >= 4 is 5.78 Å². The first-order valence-electron chi connectivity index (χ1n) is 7.07. The molecule has 2 aromatic rings. The topological polar surface area (TPSA) is 95.7 Å². The Labute approximate surface area is 133 Å². The highest BCUT2D eigenvalue weighted by Crippen LogP contribution is 2.23. The molecule has 2 rings (SSSR count). The Morgan fingerprint density at radius 1 is 1.30 bits per heavy atom. The van der Waals surface area contributed by atoms with Crippen LogP contribution in [0.5, 0.6) is 11.5 Å². The van der Waals surface area contributed by atoms with Crippen molar-refractivity contribution in [2.75, 3.05) is 33.5 Å². The highest BCUT2D eigenvalue weighted by atomic mass is 16.5. The van der Waals surface area contributed by atoms with Crippen LogP contribution in [0, 0.1) is 0 Å². The van der Waals surface area contributed by atoms with Crippen LogP contribution in [0.2, 0.25) is 0 Å². The first-order valence-corrected chi connectivity index (χ1v) is 7.07. The summed E-state index contributed by atoms with van der Waals surface area (Å²) in [6.07, 6.45) is 3.03. The van der Waals surface area contributed by atoms with Crippen LogP contribution in [0.15, 0.2) is 24.5 Å². The lowest BCUT2D eigenvalue weighted by Crippen LogP contribution is -2.10. The molecule has 0 amide bonds. The number of rotatable bonds is 9.